The van der Waals surface area contributed by atoms with E-state index in [1.165, 1.54) is 6.33 Å². The number of nitrogens with zero attached hydrogens (tertiary/aromatic N) is 2. The zero-order chi connectivity index (χ0) is 18.0. The van der Waals surface area contributed by atoms with Crippen molar-refractivity contribution < 1.29 is 23.1 Å². The van der Waals surface area contributed by atoms with E-state index in [1.807, 2.05) is 0 Å². The molecule has 25 heavy (non-hydrogen) atoms. The fourth-order valence-corrected chi connectivity index (χ4v) is 2.40. The Balaban J connectivity index is 1.86. The molecule has 0 unspecified atom stereocenters. The van der Waals surface area contributed by atoms with Crippen molar-refractivity contribution in [2.45, 2.75) is 12.6 Å². The van der Waals surface area contributed by atoms with Crippen LogP contribution < -0.4 is 0 Å². The summed E-state index contributed by atoms with van der Waals surface area (Å²) in [7, 11) is 0. The molecule has 3 aromatic rings. The second-order valence-corrected chi connectivity index (χ2v) is 5.40. The molecule has 128 valence electrons. The lowest BCUT2D eigenvalue weighted by Gasteiger charge is -2.10. The van der Waals surface area contributed by atoms with Gasteiger partial charge in [-0.15, -0.1) is 0 Å². The SMILES string of the molecule is O=C(Cc1cccc(-c2ncn[nH]2)c1)c1cc(O)cc(C(F)(F)F)c1. The minimum Gasteiger partial charge on any atom is -0.508 e. The summed E-state index contributed by atoms with van der Waals surface area (Å²) in [5.74, 6) is -0.615. The van der Waals surface area contributed by atoms with Gasteiger partial charge in [0.2, 0.25) is 0 Å². The summed E-state index contributed by atoms with van der Waals surface area (Å²) in [5.41, 5.74) is 0.0501. The maximum absolute atomic E-state index is 12.8. The van der Waals surface area contributed by atoms with Crippen LogP contribution in [0, 0.1) is 0 Å². The molecule has 0 amide bonds. The van der Waals surface area contributed by atoms with Gasteiger partial charge in [-0.25, -0.2) is 4.98 Å². The molecule has 2 aromatic carbocycles. The molecule has 0 fully saturated rings. The lowest BCUT2D eigenvalue weighted by Crippen LogP contribution is -2.09. The van der Waals surface area contributed by atoms with Crippen molar-refractivity contribution in [2.24, 2.45) is 0 Å². The Morgan fingerprint density at radius 3 is 2.64 bits per heavy atom. The molecule has 0 atom stereocenters. The number of rotatable bonds is 4. The van der Waals surface area contributed by atoms with E-state index < -0.39 is 23.3 Å². The van der Waals surface area contributed by atoms with E-state index in [1.54, 1.807) is 24.3 Å². The number of Topliss-reactive ketones (excluding diaryl/α,β-unsaturated/α-hetero) is 1. The van der Waals surface area contributed by atoms with Gasteiger partial charge in [0.1, 0.15) is 12.1 Å². The molecule has 0 aliphatic rings. The Labute approximate surface area is 140 Å². The van der Waals surface area contributed by atoms with Gasteiger partial charge in [0, 0.05) is 17.5 Å². The second kappa shape index (κ2) is 6.39. The number of phenolic OH excluding ortho intramolecular Hbond substituents is 1. The topological polar surface area (TPSA) is 78.9 Å². The van der Waals surface area contributed by atoms with Gasteiger partial charge in [-0.1, -0.05) is 18.2 Å². The van der Waals surface area contributed by atoms with Gasteiger partial charge in [-0.3, -0.25) is 9.89 Å². The minimum atomic E-state index is -4.64. The maximum atomic E-state index is 12.8. The summed E-state index contributed by atoms with van der Waals surface area (Å²) < 4.78 is 38.4. The number of nitrogens with one attached hydrogen (secondary N) is 1. The Morgan fingerprint density at radius 1 is 1.16 bits per heavy atom. The number of hydrogen-bond donors (Lipinski definition) is 2. The number of ketones is 1. The first kappa shape index (κ1) is 16.7. The number of carbonyl (C=O) groups is 1. The molecular weight excluding hydrogens is 335 g/mol. The zero-order valence-corrected chi connectivity index (χ0v) is 12.7. The van der Waals surface area contributed by atoms with Crippen LogP contribution in [-0.2, 0) is 12.6 Å². The molecule has 1 aromatic heterocycles. The number of aromatic hydroxyl groups is 1. The predicted octanol–water partition coefficient (Wildman–Crippen LogP) is 3.62. The van der Waals surface area contributed by atoms with Crippen LogP contribution in [-0.4, -0.2) is 26.1 Å². The van der Waals surface area contributed by atoms with Gasteiger partial charge in [0.15, 0.2) is 11.6 Å². The molecule has 0 saturated heterocycles. The van der Waals surface area contributed by atoms with E-state index >= 15 is 0 Å². The zero-order valence-electron chi connectivity index (χ0n) is 12.7. The average molecular weight is 347 g/mol. The molecule has 3 rings (SSSR count). The number of phenols is 1. The Kier molecular flexibility index (Phi) is 4.26. The highest BCUT2D eigenvalue weighted by Gasteiger charge is 2.31. The number of aromatic amines is 1. The molecular formula is C17H12F3N3O2. The number of benzene rings is 2. The largest absolute Gasteiger partial charge is 0.508 e. The van der Waals surface area contributed by atoms with Gasteiger partial charge < -0.3 is 5.11 Å². The number of halogens is 3. The van der Waals surface area contributed by atoms with Crippen LogP contribution in [0.2, 0.25) is 0 Å². The number of H-pyrrole nitrogens is 1. The Morgan fingerprint density at radius 2 is 1.96 bits per heavy atom. The summed E-state index contributed by atoms with van der Waals surface area (Å²) >= 11 is 0. The van der Waals surface area contributed by atoms with Crippen LogP contribution in [0.15, 0.2) is 48.8 Å². The number of aromatic nitrogens is 3. The molecule has 0 spiro atoms. The Bertz CT molecular complexity index is 906. The van der Waals surface area contributed by atoms with Crippen LogP contribution in [0.1, 0.15) is 21.5 Å². The third-order valence-corrected chi connectivity index (χ3v) is 3.55. The average Bonchev–Trinajstić information content (AvgIpc) is 3.08. The summed E-state index contributed by atoms with van der Waals surface area (Å²) in [4.78, 5) is 16.3. The quantitative estimate of drug-likeness (QED) is 0.707. The number of hydrogen-bond acceptors (Lipinski definition) is 4. The molecule has 0 aliphatic heterocycles. The first-order chi connectivity index (χ1) is 11.8. The van der Waals surface area contributed by atoms with Gasteiger partial charge in [0.25, 0.3) is 0 Å². The van der Waals surface area contributed by atoms with E-state index in [4.69, 9.17) is 0 Å². The van der Waals surface area contributed by atoms with Crippen molar-refractivity contribution in [3.63, 3.8) is 0 Å². The maximum Gasteiger partial charge on any atom is 0.416 e. The smallest absolute Gasteiger partial charge is 0.416 e. The molecule has 2 N–H and O–H groups in total. The van der Waals surface area contributed by atoms with Crippen molar-refractivity contribution in [3.05, 3.63) is 65.5 Å². The molecule has 0 aliphatic carbocycles. The standard InChI is InChI=1S/C17H12F3N3O2/c18-17(19,20)13-6-12(7-14(24)8-13)15(25)5-10-2-1-3-11(4-10)16-21-9-22-23-16/h1-4,6-9,24H,5H2,(H,21,22,23). The van der Waals surface area contributed by atoms with Crippen molar-refractivity contribution in [2.75, 3.05) is 0 Å². The third-order valence-electron chi connectivity index (χ3n) is 3.55. The predicted molar refractivity (Wildman–Crippen MR) is 83.0 cm³/mol. The molecule has 8 heteroatoms. The van der Waals surface area contributed by atoms with Crippen molar-refractivity contribution in [3.8, 4) is 17.1 Å². The van der Waals surface area contributed by atoms with Crippen molar-refractivity contribution >= 4 is 5.78 Å². The van der Waals surface area contributed by atoms with Crippen LogP contribution in [0.4, 0.5) is 13.2 Å². The molecule has 0 radical (unpaired) electrons. The van der Waals surface area contributed by atoms with E-state index in [0.717, 1.165) is 12.1 Å². The van der Waals surface area contributed by atoms with Crippen molar-refractivity contribution in [1.82, 2.24) is 15.2 Å². The van der Waals surface area contributed by atoms with Gasteiger partial charge >= 0.3 is 6.18 Å². The lowest BCUT2D eigenvalue weighted by atomic mass is 9.99. The van der Waals surface area contributed by atoms with E-state index in [0.29, 0.717) is 23.0 Å². The first-order valence-corrected chi connectivity index (χ1v) is 7.22. The number of alkyl halides is 3. The van der Waals surface area contributed by atoms with Crippen LogP contribution in [0.3, 0.4) is 0 Å². The highest BCUT2D eigenvalue weighted by molar-refractivity contribution is 5.98. The molecule has 1 heterocycles. The highest BCUT2D eigenvalue weighted by Crippen LogP contribution is 2.32. The van der Waals surface area contributed by atoms with Gasteiger partial charge in [-0.05, 0) is 29.8 Å². The second-order valence-electron chi connectivity index (χ2n) is 5.40. The van der Waals surface area contributed by atoms with Gasteiger partial charge in [0.05, 0.1) is 5.56 Å². The van der Waals surface area contributed by atoms with Crippen molar-refractivity contribution in [1.29, 1.82) is 0 Å². The summed E-state index contributed by atoms with van der Waals surface area (Å²) in [6, 6.07) is 9.22. The third kappa shape index (κ3) is 3.85. The fraction of sp³-hybridized carbons (Fsp3) is 0.118. The Hall–Kier alpha value is -3.16. The number of carbonyl (C=O) groups excluding carboxylic acids is 1. The normalized spacial score (nSPS) is 11.5. The summed E-state index contributed by atoms with van der Waals surface area (Å²) in [5, 5.41) is 15.9. The summed E-state index contributed by atoms with van der Waals surface area (Å²) in [6.45, 7) is 0. The molecule has 0 saturated carbocycles. The lowest BCUT2D eigenvalue weighted by molar-refractivity contribution is -0.137. The fourth-order valence-electron chi connectivity index (χ4n) is 2.40. The van der Waals surface area contributed by atoms with E-state index in [-0.39, 0.29) is 12.0 Å². The summed E-state index contributed by atoms with van der Waals surface area (Å²) in [6.07, 6.45) is -3.40. The van der Waals surface area contributed by atoms with E-state index in [2.05, 4.69) is 15.2 Å². The molecule has 5 nitrogen and oxygen atoms in total. The van der Waals surface area contributed by atoms with Gasteiger partial charge in [-0.2, -0.15) is 18.3 Å². The van der Waals surface area contributed by atoms with Crippen LogP contribution in [0.5, 0.6) is 5.75 Å². The molecule has 0 bridgehead atoms. The first-order valence-electron chi connectivity index (χ1n) is 7.22. The minimum absolute atomic E-state index is 0.108. The van der Waals surface area contributed by atoms with Crippen LogP contribution in [0.25, 0.3) is 11.4 Å². The highest BCUT2D eigenvalue weighted by atomic mass is 19.4. The van der Waals surface area contributed by atoms with Crippen LogP contribution >= 0.6 is 0 Å². The monoisotopic (exact) mass is 347 g/mol. The van der Waals surface area contributed by atoms with E-state index in [9.17, 15) is 23.1 Å².